The number of rotatable bonds is 6. The number of hydrogen-bond donors (Lipinski definition) is 2. The van der Waals surface area contributed by atoms with E-state index in [4.69, 9.17) is 10.00 Å². The quantitative estimate of drug-likeness (QED) is 0.477. The highest BCUT2D eigenvalue weighted by Gasteiger charge is 2.38. The summed E-state index contributed by atoms with van der Waals surface area (Å²) in [6.45, 7) is 9.13. The van der Waals surface area contributed by atoms with Crippen molar-refractivity contribution in [1.29, 1.82) is 5.26 Å². The van der Waals surface area contributed by atoms with Gasteiger partial charge in [-0.2, -0.15) is 5.26 Å². The smallest absolute Gasteiger partial charge is 0.251 e. The number of ether oxygens (including phenoxy) is 1. The highest BCUT2D eigenvalue weighted by molar-refractivity contribution is 5.94. The molecule has 1 aliphatic rings. The van der Waals surface area contributed by atoms with Gasteiger partial charge in [0.25, 0.3) is 5.91 Å². The van der Waals surface area contributed by atoms with Crippen molar-refractivity contribution in [3.8, 4) is 22.9 Å². The Kier molecular flexibility index (Phi) is 6.95. The first-order chi connectivity index (χ1) is 16.6. The van der Waals surface area contributed by atoms with Gasteiger partial charge in [0.2, 0.25) is 0 Å². The van der Waals surface area contributed by atoms with Crippen LogP contribution in [0, 0.1) is 11.3 Å². The Hall–Kier alpha value is -3.62. The molecule has 0 bridgehead atoms. The highest BCUT2D eigenvalue weighted by Crippen LogP contribution is 2.29. The van der Waals surface area contributed by atoms with Crippen LogP contribution in [0.4, 0.5) is 0 Å². The second kappa shape index (κ2) is 9.93. The van der Waals surface area contributed by atoms with Crippen LogP contribution in [0.15, 0.2) is 72.8 Å². The van der Waals surface area contributed by atoms with Gasteiger partial charge in [0, 0.05) is 22.7 Å². The molecule has 0 aliphatic carbocycles. The lowest BCUT2D eigenvalue weighted by Crippen LogP contribution is -2.62. The van der Waals surface area contributed by atoms with E-state index in [-0.39, 0.29) is 23.0 Å². The predicted molar refractivity (Wildman–Crippen MR) is 139 cm³/mol. The van der Waals surface area contributed by atoms with Crippen molar-refractivity contribution >= 4 is 5.91 Å². The van der Waals surface area contributed by atoms with Crippen molar-refractivity contribution in [2.24, 2.45) is 0 Å². The fourth-order valence-corrected chi connectivity index (χ4v) is 5.15. The number of nitriles is 1. The summed E-state index contributed by atoms with van der Waals surface area (Å²) < 4.78 is 6.01. The number of nitrogens with zero attached hydrogens (tertiary/aromatic N) is 1. The average Bonchev–Trinajstić information content (AvgIpc) is 2.81. The molecule has 2 N–H and O–H groups in total. The largest absolute Gasteiger partial charge is 0.489 e. The molecule has 180 valence electrons. The van der Waals surface area contributed by atoms with Gasteiger partial charge in [0.1, 0.15) is 12.4 Å². The zero-order valence-corrected chi connectivity index (χ0v) is 20.9. The molecule has 3 aromatic carbocycles. The van der Waals surface area contributed by atoms with Crippen molar-refractivity contribution in [1.82, 2.24) is 10.6 Å². The fraction of sp³-hybridized carbons (Fsp3) is 0.333. The normalized spacial score (nSPS) is 16.8. The van der Waals surface area contributed by atoms with E-state index < -0.39 is 0 Å². The molecule has 5 nitrogen and oxygen atoms in total. The summed E-state index contributed by atoms with van der Waals surface area (Å²) in [5, 5.41) is 16.0. The lowest BCUT2D eigenvalue weighted by Gasteiger charge is -2.46. The third kappa shape index (κ3) is 6.49. The van der Waals surface area contributed by atoms with Crippen LogP contribution >= 0.6 is 0 Å². The van der Waals surface area contributed by atoms with E-state index in [1.165, 1.54) is 0 Å². The van der Waals surface area contributed by atoms with Crippen molar-refractivity contribution in [2.75, 3.05) is 0 Å². The Morgan fingerprint density at radius 2 is 1.60 bits per heavy atom. The van der Waals surface area contributed by atoms with E-state index in [0.29, 0.717) is 17.7 Å². The molecule has 0 radical (unpaired) electrons. The number of hydrogen-bond acceptors (Lipinski definition) is 4. The minimum Gasteiger partial charge on any atom is -0.489 e. The summed E-state index contributed by atoms with van der Waals surface area (Å²) in [4.78, 5) is 12.9. The molecule has 1 aliphatic heterocycles. The second-order valence-corrected chi connectivity index (χ2v) is 10.7. The van der Waals surface area contributed by atoms with Gasteiger partial charge in [-0.3, -0.25) is 4.79 Å². The first-order valence-corrected chi connectivity index (χ1v) is 12.1. The molecule has 1 fully saturated rings. The van der Waals surface area contributed by atoms with Crippen LogP contribution < -0.4 is 15.4 Å². The fourth-order valence-electron chi connectivity index (χ4n) is 5.15. The molecule has 4 rings (SSSR count). The van der Waals surface area contributed by atoms with E-state index in [1.54, 1.807) is 6.07 Å². The lowest BCUT2D eigenvalue weighted by molar-refractivity contribution is 0.0873. The van der Waals surface area contributed by atoms with Crippen LogP contribution in [0.2, 0.25) is 0 Å². The van der Waals surface area contributed by atoms with Gasteiger partial charge >= 0.3 is 0 Å². The monoisotopic (exact) mass is 467 g/mol. The van der Waals surface area contributed by atoms with Gasteiger partial charge in [-0.05, 0) is 93.6 Å². The van der Waals surface area contributed by atoms with Crippen molar-refractivity contribution in [3.63, 3.8) is 0 Å². The highest BCUT2D eigenvalue weighted by atomic mass is 16.5. The third-order valence-electron chi connectivity index (χ3n) is 6.31. The average molecular weight is 468 g/mol. The van der Waals surface area contributed by atoms with Crippen molar-refractivity contribution in [2.45, 2.75) is 64.3 Å². The minimum atomic E-state index is -0.0386. The lowest BCUT2D eigenvalue weighted by atomic mass is 9.79. The first kappa shape index (κ1) is 24.5. The number of benzene rings is 3. The zero-order chi connectivity index (χ0) is 25.1. The van der Waals surface area contributed by atoms with Crippen molar-refractivity contribution < 1.29 is 9.53 Å². The van der Waals surface area contributed by atoms with Gasteiger partial charge in [-0.25, -0.2) is 0 Å². The van der Waals surface area contributed by atoms with E-state index in [0.717, 1.165) is 35.3 Å². The molecular formula is C30H33N3O2. The molecule has 35 heavy (non-hydrogen) atoms. The second-order valence-electron chi connectivity index (χ2n) is 10.7. The van der Waals surface area contributed by atoms with Crippen molar-refractivity contribution in [3.05, 3.63) is 89.5 Å². The molecule has 0 spiro atoms. The van der Waals surface area contributed by atoms with Crippen LogP contribution in [0.25, 0.3) is 11.1 Å². The number of carbonyl (C=O) groups excluding carboxylic acids is 1. The van der Waals surface area contributed by atoms with Crippen LogP contribution in [-0.2, 0) is 6.61 Å². The maximum Gasteiger partial charge on any atom is 0.251 e. The van der Waals surface area contributed by atoms with E-state index in [9.17, 15) is 4.79 Å². The Morgan fingerprint density at radius 1 is 0.971 bits per heavy atom. The molecule has 0 unspecified atom stereocenters. The van der Waals surface area contributed by atoms with Crippen LogP contribution in [0.1, 0.15) is 62.0 Å². The summed E-state index contributed by atoms with van der Waals surface area (Å²) >= 11 is 0. The summed E-state index contributed by atoms with van der Waals surface area (Å²) in [5.41, 5.74) is 4.21. The Balaban J connectivity index is 1.36. The topological polar surface area (TPSA) is 74.1 Å². The van der Waals surface area contributed by atoms with Gasteiger partial charge < -0.3 is 15.4 Å². The summed E-state index contributed by atoms with van der Waals surface area (Å²) in [6, 6.07) is 25.3. The maximum atomic E-state index is 12.9. The Morgan fingerprint density at radius 3 is 2.26 bits per heavy atom. The molecule has 3 aromatic rings. The van der Waals surface area contributed by atoms with Gasteiger partial charge in [-0.15, -0.1) is 0 Å². The number of nitrogens with one attached hydrogen (secondary N) is 2. The summed E-state index contributed by atoms with van der Waals surface area (Å²) in [6.07, 6.45) is 1.79. The zero-order valence-electron chi connectivity index (χ0n) is 20.9. The SMILES string of the molecule is CC1(C)CC(NC(=O)c2ccc(COc3cccc(-c4cccc(C#N)c4)c3)cc2)CC(C)(C)N1. The molecule has 0 saturated carbocycles. The van der Waals surface area contributed by atoms with Crippen LogP contribution in [0.5, 0.6) is 5.75 Å². The minimum absolute atomic E-state index is 0.0171. The molecule has 0 atom stereocenters. The van der Waals surface area contributed by atoms with Gasteiger partial charge in [-0.1, -0.05) is 36.4 Å². The number of amides is 1. The summed E-state index contributed by atoms with van der Waals surface area (Å²) in [7, 11) is 0. The Bertz CT molecular complexity index is 1220. The van der Waals surface area contributed by atoms with E-state index >= 15 is 0 Å². The Labute approximate surface area is 208 Å². The van der Waals surface area contributed by atoms with E-state index in [2.05, 4.69) is 44.4 Å². The summed E-state index contributed by atoms with van der Waals surface area (Å²) in [5.74, 6) is 0.714. The standard InChI is InChI=1S/C30H33N3O2/c1-29(2)17-26(18-30(3,4)33-29)32-28(34)23-13-11-21(12-14-23)20-35-27-10-6-9-25(16-27)24-8-5-7-22(15-24)19-31/h5-16,26,33H,17-18,20H2,1-4H3,(H,32,34). The van der Waals surface area contributed by atoms with Crippen LogP contribution in [-0.4, -0.2) is 23.0 Å². The van der Waals surface area contributed by atoms with E-state index in [1.807, 2.05) is 66.7 Å². The maximum absolute atomic E-state index is 12.9. The molecule has 1 saturated heterocycles. The van der Waals surface area contributed by atoms with Crippen LogP contribution in [0.3, 0.4) is 0 Å². The number of piperidine rings is 1. The third-order valence-corrected chi connectivity index (χ3v) is 6.31. The predicted octanol–water partition coefficient (Wildman–Crippen LogP) is 5.84. The van der Waals surface area contributed by atoms with Gasteiger partial charge in [0.05, 0.1) is 11.6 Å². The first-order valence-electron chi connectivity index (χ1n) is 12.1. The molecular weight excluding hydrogens is 434 g/mol. The molecule has 1 heterocycles. The number of carbonyl (C=O) groups is 1. The molecule has 1 amide bonds. The molecule has 0 aromatic heterocycles. The van der Waals surface area contributed by atoms with Gasteiger partial charge in [0.15, 0.2) is 0 Å². The molecule has 5 heteroatoms.